The van der Waals surface area contributed by atoms with E-state index in [0.29, 0.717) is 19.0 Å². The molecule has 2 saturated heterocycles. The fraction of sp³-hybridized carbons (Fsp3) is 0.800. The van der Waals surface area contributed by atoms with Crippen LogP contribution >= 0.6 is 0 Å². The van der Waals surface area contributed by atoms with E-state index in [-0.39, 0.29) is 24.8 Å². The Labute approximate surface area is 96.5 Å². The second-order valence-electron chi connectivity index (χ2n) is 4.54. The molecule has 0 bridgehead atoms. The largest absolute Gasteiger partial charge is 0.381 e. The molecule has 0 saturated carbocycles. The lowest BCUT2D eigenvalue weighted by Gasteiger charge is -2.04. The van der Waals surface area contributed by atoms with Gasteiger partial charge < -0.3 is 9.26 Å². The monoisotopic (exact) mass is 245 g/mol. The molecule has 0 radical (unpaired) electrons. The van der Waals surface area contributed by atoms with Crippen LogP contribution in [-0.4, -0.2) is 35.8 Å². The fourth-order valence-electron chi connectivity index (χ4n) is 2.18. The first-order chi connectivity index (χ1) is 8.14. The predicted octanol–water partition coefficient (Wildman–Crippen LogP) is 1.24. The van der Waals surface area contributed by atoms with Crippen LogP contribution in [0.15, 0.2) is 4.52 Å². The van der Waals surface area contributed by atoms with Crippen molar-refractivity contribution in [3.05, 3.63) is 11.7 Å². The molecule has 3 rings (SSSR count). The first-order valence-corrected chi connectivity index (χ1v) is 5.66. The molecule has 0 spiro atoms. The van der Waals surface area contributed by atoms with E-state index in [4.69, 9.17) is 9.26 Å². The molecule has 2 fully saturated rings. The fourth-order valence-corrected chi connectivity index (χ4v) is 2.18. The molecule has 0 aliphatic carbocycles. The van der Waals surface area contributed by atoms with Crippen LogP contribution in [0.2, 0.25) is 0 Å². The van der Waals surface area contributed by atoms with Gasteiger partial charge in [-0.1, -0.05) is 5.16 Å². The Bertz CT molecular complexity index is 404. The van der Waals surface area contributed by atoms with Gasteiger partial charge >= 0.3 is 0 Å². The number of hydrogen-bond acceptors (Lipinski definition) is 5. The van der Waals surface area contributed by atoms with E-state index >= 15 is 0 Å². The number of ether oxygens (including phenoxy) is 1. The molecule has 2 aliphatic heterocycles. The van der Waals surface area contributed by atoms with Gasteiger partial charge in [-0.2, -0.15) is 4.98 Å². The Hall–Kier alpha value is -1.08. The SMILES string of the molecule is FC1(F)CNC(c2nc(C3CCOC3)no2)C1. The summed E-state index contributed by atoms with van der Waals surface area (Å²) in [4.78, 5) is 4.19. The third kappa shape index (κ3) is 2.16. The molecule has 2 unspecified atom stereocenters. The van der Waals surface area contributed by atoms with Crippen molar-refractivity contribution >= 4 is 0 Å². The minimum Gasteiger partial charge on any atom is -0.381 e. The first kappa shape index (κ1) is 11.0. The number of rotatable bonds is 2. The van der Waals surface area contributed by atoms with Crippen LogP contribution < -0.4 is 5.32 Å². The lowest BCUT2D eigenvalue weighted by Crippen LogP contribution is -2.19. The second-order valence-corrected chi connectivity index (χ2v) is 4.54. The number of nitrogens with zero attached hydrogens (tertiary/aromatic N) is 2. The number of nitrogens with one attached hydrogen (secondary N) is 1. The minimum atomic E-state index is -2.68. The standard InChI is InChI=1S/C10H13F2N3O2/c11-10(12)3-7(13-5-10)9-14-8(15-17-9)6-1-2-16-4-6/h6-7,13H,1-5H2. The normalized spacial score (nSPS) is 32.1. The molecule has 0 aromatic carbocycles. The van der Waals surface area contributed by atoms with Crippen molar-refractivity contribution in [2.75, 3.05) is 19.8 Å². The molecule has 2 atom stereocenters. The van der Waals surface area contributed by atoms with E-state index in [0.717, 1.165) is 6.42 Å². The lowest BCUT2D eigenvalue weighted by atomic mass is 10.1. The average molecular weight is 245 g/mol. The van der Waals surface area contributed by atoms with E-state index in [9.17, 15) is 8.78 Å². The van der Waals surface area contributed by atoms with Crippen LogP contribution in [0.5, 0.6) is 0 Å². The number of hydrogen-bond donors (Lipinski definition) is 1. The molecule has 17 heavy (non-hydrogen) atoms. The van der Waals surface area contributed by atoms with Gasteiger partial charge in [0.1, 0.15) is 0 Å². The van der Waals surface area contributed by atoms with Gasteiger partial charge in [-0.25, -0.2) is 8.78 Å². The summed E-state index contributed by atoms with van der Waals surface area (Å²) in [6.07, 6.45) is 0.572. The zero-order valence-electron chi connectivity index (χ0n) is 9.16. The zero-order chi connectivity index (χ0) is 11.9. The summed E-state index contributed by atoms with van der Waals surface area (Å²) in [6, 6.07) is -0.534. The van der Waals surface area contributed by atoms with Crippen molar-refractivity contribution < 1.29 is 18.0 Å². The molecule has 5 nitrogen and oxygen atoms in total. The summed E-state index contributed by atoms with van der Waals surface area (Å²) in [5, 5.41) is 6.53. The van der Waals surface area contributed by atoms with Gasteiger partial charge in [0.05, 0.1) is 19.2 Å². The predicted molar refractivity (Wildman–Crippen MR) is 52.8 cm³/mol. The summed E-state index contributed by atoms with van der Waals surface area (Å²) in [7, 11) is 0. The average Bonchev–Trinajstić information content (AvgIpc) is 2.93. The molecular formula is C10H13F2N3O2. The Kier molecular flexibility index (Phi) is 2.59. The summed E-state index contributed by atoms with van der Waals surface area (Å²) < 4.78 is 36.3. The van der Waals surface area contributed by atoms with Gasteiger partial charge in [-0.15, -0.1) is 0 Å². The van der Waals surface area contributed by atoms with Gasteiger partial charge in [-0.3, -0.25) is 5.32 Å². The third-order valence-electron chi connectivity index (χ3n) is 3.16. The Balaban J connectivity index is 1.72. The van der Waals surface area contributed by atoms with E-state index in [1.807, 2.05) is 0 Å². The first-order valence-electron chi connectivity index (χ1n) is 5.66. The summed E-state index contributed by atoms with van der Waals surface area (Å²) >= 11 is 0. The summed E-state index contributed by atoms with van der Waals surface area (Å²) in [5.74, 6) is -1.73. The van der Waals surface area contributed by atoms with Crippen molar-refractivity contribution in [1.82, 2.24) is 15.5 Å². The van der Waals surface area contributed by atoms with Crippen LogP contribution in [0.25, 0.3) is 0 Å². The van der Waals surface area contributed by atoms with Crippen LogP contribution in [0.1, 0.15) is 36.5 Å². The van der Waals surface area contributed by atoms with E-state index in [1.54, 1.807) is 0 Å². The number of halogens is 2. The molecule has 1 aromatic rings. The van der Waals surface area contributed by atoms with Crippen molar-refractivity contribution in [2.24, 2.45) is 0 Å². The minimum absolute atomic E-state index is 0.134. The zero-order valence-corrected chi connectivity index (χ0v) is 9.16. The Morgan fingerprint density at radius 2 is 2.29 bits per heavy atom. The maximum Gasteiger partial charge on any atom is 0.262 e. The van der Waals surface area contributed by atoms with Gasteiger partial charge in [-0.05, 0) is 6.42 Å². The van der Waals surface area contributed by atoms with Gasteiger partial charge in [0, 0.05) is 18.9 Å². The Morgan fingerprint density at radius 3 is 2.94 bits per heavy atom. The molecule has 1 aromatic heterocycles. The van der Waals surface area contributed by atoms with Crippen molar-refractivity contribution in [3.8, 4) is 0 Å². The third-order valence-corrected chi connectivity index (χ3v) is 3.16. The molecular weight excluding hydrogens is 232 g/mol. The van der Waals surface area contributed by atoms with Crippen LogP contribution in [0, 0.1) is 0 Å². The van der Waals surface area contributed by atoms with Crippen LogP contribution in [0.4, 0.5) is 8.78 Å². The highest BCUT2D eigenvalue weighted by Crippen LogP contribution is 2.34. The number of alkyl halides is 2. The highest BCUT2D eigenvalue weighted by molar-refractivity contribution is 5.03. The van der Waals surface area contributed by atoms with Crippen LogP contribution in [0.3, 0.4) is 0 Å². The summed E-state index contributed by atoms with van der Waals surface area (Å²) in [5.41, 5.74) is 0. The molecule has 7 heteroatoms. The lowest BCUT2D eigenvalue weighted by molar-refractivity contribution is 0.0200. The van der Waals surface area contributed by atoms with E-state index in [1.165, 1.54) is 0 Å². The smallest absolute Gasteiger partial charge is 0.262 e. The highest BCUT2D eigenvalue weighted by atomic mass is 19.3. The molecule has 1 N–H and O–H groups in total. The van der Waals surface area contributed by atoms with Gasteiger partial charge in [0.25, 0.3) is 5.92 Å². The van der Waals surface area contributed by atoms with E-state index < -0.39 is 12.0 Å². The van der Waals surface area contributed by atoms with E-state index in [2.05, 4.69) is 15.5 Å². The topological polar surface area (TPSA) is 60.2 Å². The van der Waals surface area contributed by atoms with Gasteiger partial charge in [0.2, 0.25) is 5.89 Å². The Morgan fingerprint density at radius 1 is 1.41 bits per heavy atom. The van der Waals surface area contributed by atoms with Gasteiger partial charge in [0.15, 0.2) is 5.82 Å². The number of aromatic nitrogens is 2. The van der Waals surface area contributed by atoms with Crippen molar-refractivity contribution in [1.29, 1.82) is 0 Å². The molecule has 2 aliphatic rings. The van der Waals surface area contributed by atoms with Crippen LogP contribution in [-0.2, 0) is 4.74 Å². The highest BCUT2D eigenvalue weighted by Gasteiger charge is 2.42. The molecule has 0 amide bonds. The maximum absolute atomic E-state index is 13.0. The molecule has 94 valence electrons. The van der Waals surface area contributed by atoms with Crippen molar-refractivity contribution in [3.63, 3.8) is 0 Å². The molecule has 3 heterocycles. The maximum atomic E-state index is 13.0. The summed E-state index contributed by atoms with van der Waals surface area (Å²) in [6.45, 7) is 0.934. The van der Waals surface area contributed by atoms with Crippen molar-refractivity contribution in [2.45, 2.75) is 30.7 Å². The quantitative estimate of drug-likeness (QED) is 0.849. The second kappa shape index (κ2) is 3.99.